The Labute approximate surface area is 178 Å². The molecule has 9 heteroatoms. The number of benzene rings is 1. The first-order valence-corrected chi connectivity index (χ1v) is 9.97. The smallest absolute Gasteiger partial charge is 0.340 e. The van der Waals surface area contributed by atoms with Gasteiger partial charge in [0.05, 0.1) is 41.1 Å². The number of hydrogen-bond acceptors (Lipinski definition) is 7. The summed E-state index contributed by atoms with van der Waals surface area (Å²) in [6.45, 7) is -0.209. The molecule has 154 valence electrons. The van der Waals surface area contributed by atoms with Crippen molar-refractivity contribution >= 4 is 34.8 Å². The van der Waals surface area contributed by atoms with Crippen LogP contribution in [0.2, 0.25) is 0 Å². The first-order chi connectivity index (χ1) is 14.5. The van der Waals surface area contributed by atoms with Gasteiger partial charge in [-0.2, -0.15) is 10.5 Å². The molecular formula is C21H20N4O4S. The van der Waals surface area contributed by atoms with Crippen LogP contribution in [-0.2, 0) is 9.53 Å². The highest BCUT2D eigenvalue weighted by Gasteiger charge is 2.22. The number of hydrogen-bond donors (Lipinski definition) is 0. The molecule has 0 saturated carbocycles. The second-order valence-corrected chi connectivity index (χ2v) is 7.08. The zero-order valence-electron chi connectivity index (χ0n) is 16.4. The van der Waals surface area contributed by atoms with Crippen LogP contribution >= 0.6 is 11.3 Å². The Morgan fingerprint density at radius 2 is 1.70 bits per heavy atom. The second-order valence-electron chi connectivity index (χ2n) is 6.13. The van der Waals surface area contributed by atoms with Gasteiger partial charge in [0.15, 0.2) is 6.61 Å². The summed E-state index contributed by atoms with van der Waals surface area (Å²) in [6.07, 6.45) is 0.229. The average molecular weight is 424 g/mol. The van der Waals surface area contributed by atoms with Gasteiger partial charge in [-0.3, -0.25) is 9.59 Å². The van der Waals surface area contributed by atoms with Crippen molar-refractivity contribution < 1.29 is 19.1 Å². The largest absolute Gasteiger partial charge is 0.452 e. The maximum Gasteiger partial charge on any atom is 0.340 e. The summed E-state index contributed by atoms with van der Waals surface area (Å²) in [7, 11) is 1.56. The summed E-state index contributed by atoms with van der Waals surface area (Å²) >= 11 is 1.30. The molecule has 0 spiro atoms. The molecule has 0 atom stereocenters. The van der Waals surface area contributed by atoms with Gasteiger partial charge in [-0.1, -0.05) is 18.2 Å². The third-order valence-electron chi connectivity index (χ3n) is 4.19. The van der Waals surface area contributed by atoms with Crippen molar-refractivity contribution in [3.05, 3.63) is 52.2 Å². The zero-order valence-corrected chi connectivity index (χ0v) is 17.2. The molecule has 2 aromatic rings. The Kier molecular flexibility index (Phi) is 8.55. The fourth-order valence-corrected chi connectivity index (χ4v) is 3.34. The van der Waals surface area contributed by atoms with E-state index in [2.05, 4.69) is 0 Å². The number of carbonyl (C=O) groups is 3. The molecule has 2 rings (SSSR count). The van der Waals surface area contributed by atoms with Gasteiger partial charge in [0.25, 0.3) is 11.8 Å². The Hall–Kier alpha value is -3.69. The fraction of sp³-hybridized carbons (Fsp3) is 0.286. The number of carbonyl (C=O) groups excluding carboxylic acids is 3. The number of ether oxygens (including phenoxy) is 1. The minimum atomic E-state index is -0.745. The molecule has 2 amide bonds. The maximum absolute atomic E-state index is 12.6. The second kappa shape index (κ2) is 11.3. The summed E-state index contributed by atoms with van der Waals surface area (Å²) < 4.78 is 5.16. The van der Waals surface area contributed by atoms with Crippen LogP contribution in [0.25, 0.3) is 0 Å². The van der Waals surface area contributed by atoms with Crippen LogP contribution in [0.4, 0.5) is 5.69 Å². The van der Waals surface area contributed by atoms with Gasteiger partial charge < -0.3 is 14.5 Å². The fourth-order valence-electron chi connectivity index (χ4n) is 2.64. The molecule has 0 aliphatic carbocycles. The number of anilines is 1. The predicted molar refractivity (Wildman–Crippen MR) is 111 cm³/mol. The summed E-state index contributed by atoms with van der Waals surface area (Å²) in [6, 6.07) is 13.8. The number of rotatable bonds is 9. The van der Waals surface area contributed by atoms with Gasteiger partial charge in [-0.25, -0.2) is 4.79 Å². The van der Waals surface area contributed by atoms with Crippen LogP contribution in [0.3, 0.4) is 0 Å². The lowest BCUT2D eigenvalue weighted by Crippen LogP contribution is -2.36. The first kappa shape index (κ1) is 22.6. The molecule has 1 heterocycles. The van der Waals surface area contributed by atoms with Gasteiger partial charge in [-0.15, -0.1) is 11.3 Å². The summed E-state index contributed by atoms with van der Waals surface area (Å²) in [4.78, 5) is 40.8. The van der Waals surface area contributed by atoms with Crippen molar-refractivity contribution in [2.75, 3.05) is 31.6 Å². The molecule has 8 nitrogen and oxygen atoms in total. The number of para-hydroxylation sites is 1. The maximum atomic E-state index is 12.6. The van der Waals surface area contributed by atoms with Gasteiger partial charge in [0.1, 0.15) is 0 Å². The molecule has 30 heavy (non-hydrogen) atoms. The van der Waals surface area contributed by atoms with Crippen LogP contribution in [0.1, 0.15) is 32.9 Å². The number of nitrogens with zero attached hydrogens (tertiary/aromatic N) is 4. The SMILES string of the molecule is CN(C(=O)c1cccs1)c1ccccc1C(=O)OCC(=O)N(CCC#N)CCC#N. The molecule has 0 fully saturated rings. The van der Waals surface area contributed by atoms with Crippen LogP contribution in [-0.4, -0.2) is 49.4 Å². The Morgan fingerprint density at radius 1 is 1.03 bits per heavy atom. The van der Waals surface area contributed by atoms with E-state index in [-0.39, 0.29) is 37.4 Å². The van der Waals surface area contributed by atoms with Crippen molar-refractivity contribution in [2.24, 2.45) is 0 Å². The topological polar surface area (TPSA) is 114 Å². The van der Waals surface area contributed by atoms with E-state index in [1.54, 1.807) is 42.8 Å². The standard InChI is InChI=1S/C21H20N4O4S/c1-24(20(27)18-9-4-14-30-18)17-8-3-2-7-16(17)21(28)29-15-19(26)25(12-5-10-22)13-6-11-23/h2-4,7-9,14H,5-6,12-13,15H2,1H3. The van der Waals surface area contributed by atoms with Crippen LogP contribution in [0.15, 0.2) is 41.8 Å². The predicted octanol–water partition coefficient (Wildman–Crippen LogP) is 2.84. The van der Waals surface area contributed by atoms with Gasteiger partial charge in [0.2, 0.25) is 0 Å². The lowest BCUT2D eigenvalue weighted by atomic mass is 10.1. The molecule has 0 aliphatic heterocycles. The van der Waals surface area contributed by atoms with Crippen molar-refractivity contribution in [1.82, 2.24) is 4.90 Å². The van der Waals surface area contributed by atoms with E-state index < -0.39 is 18.5 Å². The van der Waals surface area contributed by atoms with E-state index in [9.17, 15) is 14.4 Å². The van der Waals surface area contributed by atoms with Crippen LogP contribution in [0, 0.1) is 22.7 Å². The van der Waals surface area contributed by atoms with E-state index in [4.69, 9.17) is 15.3 Å². The average Bonchev–Trinajstić information content (AvgIpc) is 3.31. The monoisotopic (exact) mass is 424 g/mol. The lowest BCUT2D eigenvalue weighted by molar-refractivity contribution is -0.134. The van der Waals surface area contributed by atoms with Gasteiger partial charge in [0, 0.05) is 20.1 Å². The minimum Gasteiger partial charge on any atom is -0.452 e. The highest BCUT2D eigenvalue weighted by Crippen LogP contribution is 2.23. The number of esters is 1. The summed E-state index contributed by atoms with van der Waals surface area (Å²) in [5.74, 6) is -1.50. The molecule has 0 saturated heterocycles. The van der Waals surface area contributed by atoms with E-state index in [0.717, 1.165) is 0 Å². The van der Waals surface area contributed by atoms with E-state index in [1.807, 2.05) is 12.1 Å². The molecule has 0 unspecified atom stereocenters. The van der Waals surface area contributed by atoms with Crippen molar-refractivity contribution in [2.45, 2.75) is 12.8 Å². The number of nitriles is 2. The van der Waals surface area contributed by atoms with Crippen LogP contribution < -0.4 is 4.90 Å². The van der Waals surface area contributed by atoms with Crippen molar-refractivity contribution in [1.29, 1.82) is 10.5 Å². The van der Waals surface area contributed by atoms with E-state index in [1.165, 1.54) is 27.2 Å². The molecule has 0 N–H and O–H groups in total. The summed E-state index contributed by atoms with van der Waals surface area (Å²) in [5, 5.41) is 19.2. The quantitative estimate of drug-likeness (QED) is 0.572. The van der Waals surface area contributed by atoms with Crippen molar-refractivity contribution in [3.8, 4) is 12.1 Å². The number of amides is 2. The molecular weight excluding hydrogens is 404 g/mol. The van der Waals surface area contributed by atoms with Gasteiger partial charge >= 0.3 is 5.97 Å². The molecule has 0 aliphatic rings. The highest BCUT2D eigenvalue weighted by molar-refractivity contribution is 7.12. The Morgan fingerprint density at radius 3 is 2.30 bits per heavy atom. The molecule has 1 aromatic heterocycles. The van der Waals surface area contributed by atoms with E-state index >= 15 is 0 Å². The normalized spacial score (nSPS) is 9.83. The zero-order chi connectivity index (χ0) is 21.9. The highest BCUT2D eigenvalue weighted by atomic mass is 32.1. The Bertz CT molecular complexity index is 958. The minimum absolute atomic E-state index is 0.115. The third kappa shape index (κ3) is 5.90. The Balaban J connectivity index is 2.08. The van der Waals surface area contributed by atoms with Crippen LogP contribution in [0.5, 0.6) is 0 Å². The van der Waals surface area contributed by atoms with Crippen molar-refractivity contribution in [3.63, 3.8) is 0 Å². The molecule has 1 aromatic carbocycles. The molecule has 0 bridgehead atoms. The third-order valence-corrected chi connectivity index (χ3v) is 5.05. The van der Waals surface area contributed by atoms with Gasteiger partial charge in [-0.05, 0) is 23.6 Å². The first-order valence-electron chi connectivity index (χ1n) is 9.09. The van der Waals surface area contributed by atoms with E-state index in [0.29, 0.717) is 10.6 Å². The molecule has 0 radical (unpaired) electrons. The number of thiophene rings is 1. The lowest BCUT2D eigenvalue weighted by Gasteiger charge is -2.21. The summed E-state index contributed by atoms with van der Waals surface area (Å²) in [5.41, 5.74) is 0.512.